The number of ether oxygens (including phenoxy) is 1. The van der Waals surface area contributed by atoms with Crippen molar-refractivity contribution >= 4 is 0 Å². The maximum atomic E-state index is 12.4. The Hall–Kier alpha value is -2.68. The molecule has 2 heterocycles. The maximum Gasteiger partial charge on any atom is 0.331 e. The molecule has 2 rings (SSSR count). The van der Waals surface area contributed by atoms with E-state index in [0.717, 1.165) is 90.3 Å². The molecule has 9 nitrogen and oxygen atoms in total. The summed E-state index contributed by atoms with van der Waals surface area (Å²) in [7, 11) is 0. The lowest BCUT2D eigenvalue weighted by molar-refractivity contribution is 0.116. The number of hydrogen-bond acceptors (Lipinski definition) is 5. The molecule has 240 valence electrons. The molecule has 0 radical (unpaired) electrons. The Bertz CT molecular complexity index is 1190. The first-order valence-corrected chi connectivity index (χ1v) is 16.3. The first kappa shape index (κ1) is 35.5. The van der Waals surface area contributed by atoms with Crippen LogP contribution in [0.4, 0.5) is 0 Å². The predicted octanol–water partition coefficient (Wildman–Crippen LogP) is 6.68. The first-order valence-electron chi connectivity index (χ1n) is 16.3. The average molecular weight is 591 g/mol. The standard InChI is InChI=1S/C33H58N4O5/c1-7-32(8-2,20-17-22-36-28(38)26-34(11-5)30(36)40)18-13-15-24-42-25-16-14-19-33(9-3,10-4)21-23-37-29(39)27-35(12-6)31(37)41/h9,26-27,38-39H,3,7-8,10-25H2,1-2,4-6H3. The minimum atomic E-state index is -0.160. The number of aryl methyl sites for hydroxylation is 2. The van der Waals surface area contributed by atoms with Gasteiger partial charge in [0.2, 0.25) is 11.8 Å². The fraction of sp³-hybridized carbons (Fsp3) is 0.758. The zero-order valence-electron chi connectivity index (χ0n) is 27.1. The summed E-state index contributed by atoms with van der Waals surface area (Å²) >= 11 is 0. The van der Waals surface area contributed by atoms with Crippen molar-refractivity contribution in [1.82, 2.24) is 18.3 Å². The van der Waals surface area contributed by atoms with Gasteiger partial charge >= 0.3 is 11.4 Å². The van der Waals surface area contributed by atoms with Crippen molar-refractivity contribution in [2.45, 2.75) is 138 Å². The van der Waals surface area contributed by atoms with E-state index in [1.165, 1.54) is 26.1 Å². The van der Waals surface area contributed by atoms with Gasteiger partial charge in [-0.1, -0.05) is 52.5 Å². The summed E-state index contributed by atoms with van der Waals surface area (Å²) in [4.78, 5) is 24.8. The molecule has 2 aromatic rings. The molecule has 0 saturated carbocycles. The van der Waals surface area contributed by atoms with Crippen molar-refractivity contribution in [3.8, 4) is 11.8 Å². The highest BCUT2D eigenvalue weighted by Crippen LogP contribution is 2.38. The Kier molecular flexibility index (Phi) is 14.7. The van der Waals surface area contributed by atoms with Crippen LogP contribution in [0.5, 0.6) is 11.8 Å². The van der Waals surface area contributed by atoms with Crippen LogP contribution < -0.4 is 11.4 Å². The molecule has 0 saturated heterocycles. The Morgan fingerprint density at radius 3 is 1.67 bits per heavy atom. The van der Waals surface area contributed by atoms with Crippen LogP contribution in [0.25, 0.3) is 0 Å². The lowest BCUT2D eigenvalue weighted by Crippen LogP contribution is -2.27. The Labute approximate surface area is 252 Å². The van der Waals surface area contributed by atoms with Crippen LogP contribution in [-0.2, 0) is 30.9 Å². The van der Waals surface area contributed by atoms with Gasteiger partial charge in [-0.05, 0) is 76.0 Å². The molecule has 0 amide bonds. The number of unbranched alkanes of at least 4 members (excludes halogenated alkanes) is 2. The summed E-state index contributed by atoms with van der Waals surface area (Å²) in [5, 5.41) is 20.3. The van der Waals surface area contributed by atoms with Gasteiger partial charge in [-0.25, -0.2) is 9.59 Å². The summed E-state index contributed by atoms with van der Waals surface area (Å²) < 4.78 is 12.0. The van der Waals surface area contributed by atoms with Crippen LogP contribution >= 0.6 is 0 Å². The summed E-state index contributed by atoms with van der Waals surface area (Å²) in [5.74, 6) is 0.0846. The highest BCUT2D eigenvalue weighted by Gasteiger charge is 2.26. The molecule has 0 aromatic carbocycles. The van der Waals surface area contributed by atoms with E-state index in [1.807, 2.05) is 19.9 Å². The minimum absolute atomic E-state index is 0.0270. The molecule has 0 aliphatic heterocycles. The fourth-order valence-corrected chi connectivity index (χ4v) is 6.25. The van der Waals surface area contributed by atoms with Crippen LogP contribution in [-0.4, -0.2) is 41.7 Å². The Morgan fingerprint density at radius 2 is 1.21 bits per heavy atom. The van der Waals surface area contributed by atoms with Gasteiger partial charge in [-0.3, -0.25) is 18.3 Å². The molecule has 0 fully saturated rings. The topological polar surface area (TPSA) is 104 Å². The van der Waals surface area contributed by atoms with E-state index in [0.29, 0.717) is 26.2 Å². The second-order valence-electron chi connectivity index (χ2n) is 11.9. The number of aromatic nitrogens is 4. The zero-order chi connectivity index (χ0) is 31.2. The molecular formula is C33H58N4O5. The monoisotopic (exact) mass is 590 g/mol. The highest BCUT2D eigenvalue weighted by molar-refractivity contribution is 5.06. The van der Waals surface area contributed by atoms with E-state index in [4.69, 9.17) is 4.74 Å². The van der Waals surface area contributed by atoms with Crippen LogP contribution in [0.15, 0.2) is 34.6 Å². The van der Waals surface area contributed by atoms with E-state index < -0.39 is 0 Å². The van der Waals surface area contributed by atoms with Crippen molar-refractivity contribution in [3.63, 3.8) is 0 Å². The largest absolute Gasteiger partial charge is 0.493 e. The number of imidazole rings is 2. The van der Waals surface area contributed by atoms with Gasteiger partial charge < -0.3 is 14.9 Å². The number of aromatic hydroxyl groups is 2. The summed E-state index contributed by atoms with van der Waals surface area (Å²) in [5.41, 5.74) is -0.0827. The normalized spacial score (nSPS) is 13.5. The third kappa shape index (κ3) is 9.41. The first-order chi connectivity index (χ1) is 20.1. The van der Waals surface area contributed by atoms with Crippen LogP contribution in [0.2, 0.25) is 0 Å². The highest BCUT2D eigenvalue weighted by atomic mass is 16.5. The minimum Gasteiger partial charge on any atom is -0.493 e. The third-order valence-electron chi connectivity index (χ3n) is 9.75. The molecule has 1 atom stereocenters. The molecule has 0 aliphatic carbocycles. The Balaban J connectivity index is 1.68. The lowest BCUT2D eigenvalue weighted by Gasteiger charge is -2.32. The van der Waals surface area contributed by atoms with Crippen molar-refractivity contribution in [1.29, 1.82) is 0 Å². The molecule has 0 spiro atoms. The summed E-state index contributed by atoms with van der Waals surface area (Å²) in [6, 6.07) is 0. The van der Waals surface area contributed by atoms with Gasteiger partial charge in [-0.15, -0.1) is 6.58 Å². The summed E-state index contributed by atoms with van der Waals surface area (Å²) in [6.07, 6.45) is 17.3. The molecule has 2 aromatic heterocycles. The van der Waals surface area contributed by atoms with Gasteiger partial charge in [0.25, 0.3) is 0 Å². The van der Waals surface area contributed by atoms with Crippen molar-refractivity contribution in [2.24, 2.45) is 10.8 Å². The predicted molar refractivity (Wildman–Crippen MR) is 170 cm³/mol. The molecule has 2 N–H and O–H groups in total. The molecule has 0 aliphatic rings. The second-order valence-corrected chi connectivity index (χ2v) is 11.9. The maximum absolute atomic E-state index is 12.4. The molecular weight excluding hydrogens is 532 g/mol. The van der Waals surface area contributed by atoms with Gasteiger partial charge in [0, 0.05) is 39.4 Å². The van der Waals surface area contributed by atoms with E-state index in [9.17, 15) is 19.8 Å². The van der Waals surface area contributed by atoms with Crippen molar-refractivity contribution in [3.05, 3.63) is 46.0 Å². The second kappa shape index (κ2) is 17.4. The number of rotatable bonds is 23. The van der Waals surface area contributed by atoms with E-state index in [2.05, 4.69) is 27.4 Å². The lowest BCUT2D eigenvalue weighted by atomic mass is 9.74. The van der Waals surface area contributed by atoms with Crippen molar-refractivity contribution < 1.29 is 14.9 Å². The van der Waals surface area contributed by atoms with Gasteiger partial charge in [0.05, 0.1) is 12.4 Å². The van der Waals surface area contributed by atoms with Gasteiger partial charge in [-0.2, -0.15) is 0 Å². The molecule has 9 heteroatoms. The number of hydrogen-bond donors (Lipinski definition) is 2. The third-order valence-corrected chi connectivity index (χ3v) is 9.75. The molecule has 42 heavy (non-hydrogen) atoms. The molecule has 0 bridgehead atoms. The zero-order valence-corrected chi connectivity index (χ0v) is 27.1. The van der Waals surface area contributed by atoms with Crippen LogP contribution in [0, 0.1) is 10.8 Å². The number of nitrogens with zero attached hydrogens (tertiary/aromatic N) is 4. The van der Waals surface area contributed by atoms with Gasteiger partial charge in [0.1, 0.15) is 0 Å². The van der Waals surface area contributed by atoms with Crippen LogP contribution in [0.3, 0.4) is 0 Å². The SMILES string of the molecule is C=CC(CC)(CCCCOCCCCC(CC)(CC)CCCn1c(O)cn(CC)c1=O)CCn1c(O)cn(CC)c1=O. The summed E-state index contributed by atoms with van der Waals surface area (Å²) in [6.45, 7) is 18.3. The quantitative estimate of drug-likeness (QED) is 0.111. The van der Waals surface area contributed by atoms with E-state index >= 15 is 0 Å². The smallest absolute Gasteiger partial charge is 0.331 e. The fourth-order valence-electron chi connectivity index (χ4n) is 6.25. The van der Waals surface area contributed by atoms with Crippen LogP contribution in [0.1, 0.15) is 112 Å². The van der Waals surface area contributed by atoms with E-state index in [-0.39, 0.29) is 34.0 Å². The average Bonchev–Trinajstić information content (AvgIpc) is 3.44. The molecule has 1 unspecified atom stereocenters. The van der Waals surface area contributed by atoms with Gasteiger partial charge in [0.15, 0.2) is 0 Å². The number of allylic oxidation sites excluding steroid dienone is 1. The Morgan fingerprint density at radius 1 is 0.714 bits per heavy atom. The van der Waals surface area contributed by atoms with E-state index in [1.54, 1.807) is 4.57 Å². The van der Waals surface area contributed by atoms with Crippen molar-refractivity contribution in [2.75, 3.05) is 13.2 Å².